The number of urea groups is 1. The minimum Gasteiger partial charge on any atom is -0.465 e. The standard InChI is InChI=1S/C12H12ClN3O3/c1-2-19-11(17)7-15-12(18)16-10-5-8(6-14)3-4-9(10)13/h3-5H,2,7H2,1H3,(H2,15,16,18). The van der Waals surface area contributed by atoms with Gasteiger partial charge >= 0.3 is 12.0 Å². The van der Waals surface area contributed by atoms with Gasteiger partial charge in [-0.3, -0.25) is 4.79 Å². The van der Waals surface area contributed by atoms with Gasteiger partial charge in [0, 0.05) is 0 Å². The number of ether oxygens (including phenoxy) is 1. The molecule has 0 heterocycles. The number of hydrogen-bond acceptors (Lipinski definition) is 4. The van der Waals surface area contributed by atoms with Gasteiger partial charge in [0.2, 0.25) is 0 Å². The molecule has 2 amide bonds. The van der Waals surface area contributed by atoms with Crippen molar-refractivity contribution in [1.82, 2.24) is 5.32 Å². The first-order valence-corrected chi connectivity index (χ1v) is 5.84. The lowest BCUT2D eigenvalue weighted by Gasteiger charge is -2.08. The topological polar surface area (TPSA) is 91.2 Å². The van der Waals surface area contributed by atoms with Crippen molar-refractivity contribution in [1.29, 1.82) is 5.26 Å². The van der Waals surface area contributed by atoms with Crippen LogP contribution in [0.2, 0.25) is 5.02 Å². The number of anilines is 1. The Morgan fingerprint density at radius 3 is 2.84 bits per heavy atom. The summed E-state index contributed by atoms with van der Waals surface area (Å²) in [6.45, 7) is 1.68. The molecule has 0 atom stereocenters. The lowest BCUT2D eigenvalue weighted by atomic mass is 10.2. The third kappa shape index (κ3) is 4.85. The van der Waals surface area contributed by atoms with E-state index in [0.29, 0.717) is 16.3 Å². The summed E-state index contributed by atoms with van der Waals surface area (Å²) >= 11 is 5.87. The molecule has 100 valence electrons. The summed E-state index contributed by atoms with van der Waals surface area (Å²) in [5.74, 6) is -0.533. The average Bonchev–Trinajstić information content (AvgIpc) is 2.39. The van der Waals surface area contributed by atoms with E-state index in [2.05, 4.69) is 15.4 Å². The van der Waals surface area contributed by atoms with Crippen LogP contribution in [0.15, 0.2) is 18.2 Å². The molecule has 0 bridgehead atoms. The zero-order valence-corrected chi connectivity index (χ0v) is 11.0. The van der Waals surface area contributed by atoms with Crippen LogP contribution in [0.4, 0.5) is 10.5 Å². The Hall–Kier alpha value is -2.26. The van der Waals surface area contributed by atoms with Crippen LogP contribution in [0, 0.1) is 11.3 Å². The molecule has 0 aromatic heterocycles. The second-order valence-corrected chi connectivity index (χ2v) is 3.83. The first kappa shape index (κ1) is 14.8. The maximum atomic E-state index is 11.5. The molecular formula is C12H12ClN3O3. The fraction of sp³-hybridized carbons (Fsp3) is 0.250. The summed E-state index contributed by atoms with van der Waals surface area (Å²) in [6, 6.07) is 5.79. The molecule has 19 heavy (non-hydrogen) atoms. The maximum Gasteiger partial charge on any atom is 0.325 e. The number of nitriles is 1. The second-order valence-electron chi connectivity index (χ2n) is 3.42. The molecule has 1 aromatic carbocycles. The van der Waals surface area contributed by atoms with Gasteiger partial charge in [0.15, 0.2) is 0 Å². The van der Waals surface area contributed by atoms with Gasteiger partial charge in [0.1, 0.15) is 6.54 Å². The van der Waals surface area contributed by atoms with Crippen molar-refractivity contribution in [3.05, 3.63) is 28.8 Å². The number of carbonyl (C=O) groups is 2. The lowest BCUT2D eigenvalue weighted by Crippen LogP contribution is -2.34. The molecule has 0 saturated heterocycles. The number of amides is 2. The molecule has 0 spiro atoms. The molecule has 0 unspecified atom stereocenters. The van der Waals surface area contributed by atoms with Crippen molar-refractivity contribution in [2.75, 3.05) is 18.5 Å². The van der Waals surface area contributed by atoms with E-state index in [1.165, 1.54) is 18.2 Å². The van der Waals surface area contributed by atoms with Crippen LogP contribution >= 0.6 is 11.6 Å². The minimum absolute atomic E-state index is 0.241. The Labute approximate surface area is 115 Å². The lowest BCUT2D eigenvalue weighted by molar-refractivity contribution is -0.141. The predicted octanol–water partition coefficient (Wildman–Crippen LogP) is 1.90. The molecule has 0 fully saturated rings. The molecule has 7 heteroatoms. The summed E-state index contributed by atoms with van der Waals surface area (Å²) in [5, 5.41) is 13.8. The third-order valence-corrected chi connectivity index (χ3v) is 2.37. The zero-order valence-electron chi connectivity index (χ0n) is 10.2. The van der Waals surface area contributed by atoms with E-state index >= 15 is 0 Å². The van der Waals surface area contributed by atoms with Gasteiger partial charge in [-0.15, -0.1) is 0 Å². The summed E-state index contributed by atoms with van der Waals surface area (Å²) in [7, 11) is 0. The molecule has 2 N–H and O–H groups in total. The molecule has 0 aliphatic heterocycles. The number of carbonyl (C=O) groups excluding carboxylic acids is 2. The van der Waals surface area contributed by atoms with E-state index in [9.17, 15) is 9.59 Å². The van der Waals surface area contributed by atoms with Crippen molar-refractivity contribution in [2.24, 2.45) is 0 Å². The third-order valence-electron chi connectivity index (χ3n) is 2.04. The number of esters is 1. The van der Waals surface area contributed by atoms with E-state index < -0.39 is 12.0 Å². The van der Waals surface area contributed by atoms with Gasteiger partial charge in [-0.2, -0.15) is 5.26 Å². The van der Waals surface area contributed by atoms with Crippen LogP contribution < -0.4 is 10.6 Å². The van der Waals surface area contributed by atoms with Crippen LogP contribution in [-0.4, -0.2) is 25.2 Å². The Kier molecular flexibility index (Phi) is 5.64. The minimum atomic E-state index is -0.606. The largest absolute Gasteiger partial charge is 0.465 e. The number of nitrogens with one attached hydrogen (secondary N) is 2. The maximum absolute atomic E-state index is 11.5. The first-order chi connectivity index (χ1) is 9.06. The second kappa shape index (κ2) is 7.24. The van der Waals surface area contributed by atoms with E-state index in [1.807, 2.05) is 6.07 Å². The van der Waals surface area contributed by atoms with E-state index in [-0.39, 0.29) is 13.2 Å². The van der Waals surface area contributed by atoms with Crippen LogP contribution in [-0.2, 0) is 9.53 Å². The highest BCUT2D eigenvalue weighted by Crippen LogP contribution is 2.22. The smallest absolute Gasteiger partial charge is 0.325 e. The van der Waals surface area contributed by atoms with Crippen LogP contribution in [0.3, 0.4) is 0 Å². The van der Waals surface area contributed by atoms with Gasteiger partial charge < -0.3 is 15.4 Å². The molecule has 6 nitrogen and oxygen atoms in total. The monoisotopic (exact) mass is 281 g/mol. The Morgan fingerprint density at radius 1 is 1.47 bits per heavy atom. The highest BCUT2D eigenvalue weighted by Gasteiger charge is 2.08. The van der Waals surface area contributed by atoms with E-state index in [4.69, 9.17) is 16.9 Å². The number of rotatable bonds is 4. The quantitative estimate of drug-likeness (QED) is 0.825. The number of benzene rings is 1. The molecule has 0 saturated carbocycles. The van der Waals surface area contributed by atoms with Crippen LogP contribution in [0.25, 0.3) is 0 Å². The normalized spacial score (nSPS) is 9.32. The number of halogens is 1. The number of hydrogen-bond donors (Lipinski definition) is 2. The molecular weight excluding hydrogens is 270 g/mol. The van der Waals surface area contributed by atoms with Crippen LogP contribution in [0.5, 0.6) is 0 Å². The molecule has 1 rings (SSSR count). The van der Waals surface area contributed by atoms with E-state index in [0.717, 1.165) is 0 Å². The highest BCUT2D eigenvalue weighted by atomic mass is 35.5. The van der Waals surface area contributed by atoms with Crippen molar-refractivity contribution in [3.8, 4) is 6.07 Å². The van der Waals surface area contributed by atoms with Crippen LogP contribution in [0.1, 0.15) is 12.5 Å². The zero-order chi connectivity index (χ0) is 14.3. The fourth-order valence-corrected chi connectivity index (χ4v) is 1.39. The first-order valence-electron chi connectivity index (χ1n) is 5.47. The molecule has 0 aliphatic rings. The summed E-state index contributed by atoms with van der Waals surface area (Å²) in [5.41, 5.74) is 0.659. The van der Waals surface area contributed by atoms with Gasteiger partial charge in [0.25, 0.3) is 0 Å². The molecule has 1 aromatic rings. The van der Waals surface area contributed by atoms with Gasteiger partial charge in [0.05, 0.1) is 28.9 Å². The van der Waals surface area contributed by atoms with Gasteiger partial charge in [-0.25, -0.2) is 4.79 Å². The summed E-state index contributed by atoms with van der Waals surface area (Å²) in [4.78, 5) is 22.5. The summed E-state index contributed by atoms with van der Waals surface area (Å²) in [6.07, 6.45) is 0. The van der Waals surface area contributed by atoms with Gasteiger partial charge in [-0.1, -0.05) is 11.6 Å². The van der Waals surface area contributed by atoms with Crippen molar-refractivity contribution in [2.45, 2.75) is 6.92 Å². The Morgan fingerprint density at radius 2 is 2.21 bits per heavy atom. The van der Waals surface area contributed by atoms with Gasteiger partial charge in [-0.05, 0) is 25.1 Å². The van der Waals surface area contributed by atoms with E-state index in [1.54, 1.807) is 6.92 Å². The van der Waals surface area contributed by atoms with Crippen molar-refractivity contribution >= 4 is 29.3 Å². The molecule has 0 aliphatic carbocycles. The highest BCUT2D eigenvalue weighted by molar-refractivity contribution is 6.33. The Balaban J connectivity index is 2.57. The Bertz CT molecular complexity index is 525. The van der Waals surface area contributed by atoms with Crippen molar-refractivity contribution in [3.63, 3.8) is 0 Å². The average molecular weight is 282 g/mol. The van der Waals surface area contributed by atoms with Crippen molar-refractivity contribution < 1.29 is 14.3 Å². The SMILES string of the molecule is CCOC(=O)CNC(=O)Nc1cc(C#N)ccc1Cl. The fourth-order valence-electron chi connectivity index (χ4n) is 1.22. The summed E-state index contributed by atoms with van der Waals surface area (Å²) < 4.78 is 4.65. The predicted molar refractivity (Wildman–Crippen MR) is 69.8 cm³/mol. The number of nitrogens with zero attached hydrogens (tertiary/aromatic N) is 1. The molecule has 0 radical (unpaired) electrons.